The van der Waals surface area contributed by atoms with Crippen LogP contribution in [0.5, 0.6) is 0 Å². The van der Waals surface area contributed by atoms with E-state index in [1.54, 1.807) is 12.1 Å². The summed E-state index contributed by atoms with van der Waals surface area (Å²) in [7, 11) is 0. The number of amides is 1. The Morgan fingerprint density at radius 2 is 2.11 bits per heavy atom. The van der Waals surface area contributed by atoms with E-state index >= 15 is 0 Å². The van der Waals surface area contributed by atoms with Crippen molar-refractivity contribution in [2.75, 3.05) is 6.54 Å². The lowest BCUT2D eigenvalue weighted by Crippen LogP contribution is -2.28. The van der Waals surface area contributed by atoms with Crippen LogP contribution in [0.25, 0.3) is 0 Å². The minimum Gasteiger partial charge on any atom is -0.387 e. The van der Waals surface area contributed by atoms with Gasteiger partial charge in [-0.15, -0.1) is 0 Å². The molecule has 0 bridgehead atoms. The first-order chi connectivity index (χ1) is 8.65. The zero-order valence-electron chi connectivity index (χ0n) is 10.7. The summed E-state index contributed by atoms with van der Waals surface area (Å²) in [6.45, 7) is 2.30. The molecule has 0 aliphatic carbocycles. The van der Waals surface area contributed by atoms with Gasteiger partial charge in [0.1, 0.15) is 0 Å². The highest BCUT2D eigenvalue weighted by Crippen LogP contribution is 2.21. The normalized spacial score (nSPS) is 12.2. The molecule has 0 aromatic heterocycles. The molecule has 1 unspecified atom stereocenters. The Hall–Kier alpha value is -1.06. The number of rotatable bonds is 7. The van der Waals surface area contributed by atoms with E-state index in [9.17, 15) is 9.90 Å². The lowest BCUT2D eigenvalue weighted by molar-refractivity contribution is -0.121. The second kappa shape index (κ2) is 8.11. The van der Waals surface area contributed by atoms with Gasteiger partial charge in [-0.1, -0.05) is 49.6 Å². The minimum absolute atomic E-state index is 0.0189. The number of aliphatic hydroxyl groups excluding tert-OH is 1. The molecule has 1 atom stereocenters. The summed E-state index contributed by atoms with van der Waals surface area (Å²) in [4.78, 5) is 11.5. The number of carbonyl (C=O) groups is 1. The Kier molecular flexibility index (Phi) is 6.76. The topological polar surface area (TPSA) is 49.3 Å². The average Bonchev–Trinajstić information content (AvgIpc) is 2.37. The molecular weight excluding hydrogens is 250 g/mol. The number of carbonyl (C=O) groups excluding carboxylic acids is 1. The largest absolute Gasteiger partial charge is 0.387 e. The summed E-state index contributed by atoms with van der Waals surface area (Å²) < 4.78 is 0. The van der Waals surface area contributed by atoms with Crippen LogP contribution in [0.2, 0.25) is 5.02 Å². The number of benzene rings is 1. The van der Waals surface area contributed by atoms with Gasteiger partial charge in [-0.25, -0.2) is 0 Å². The minimum atomic E-state index is -0.756. The first kappa shape index (κ1) is 15.0. The third-order valence-corrected chi connectivity index (χ3v) is 3.11. The van der Waals surface area contributed by atoms with Gasteiger partial charge in [0.2, 0.25) is 5.91 Å². The zero-order chi connectivity index (χ0) is 13.4. The van der Waals surface area contributed by atoms with Crippen LogP contribution >= 0.6 is 11.6 Å². The van der Waals surface area contributed by atoms with Crippen LogP contribution in [0.1, 0.15) is 44.3 Å². The molecule has 4 heteroatoms. The van der Waals surface area contributed by atoms with E-state index in [0.717, 1.165) is 19.3 Å². The highest BCUT2D eigenvalue weighted by molar-refractivity contribution is 6.31. The molecule has 0 aliphatic heterocycles. The van der Waals surface area contributed by atoms with Gasteiger partial charge in [-0.05, 0) is 12.5 Å². The lowest BCUT2D eigenvalue weighted by atomic mass is 10.1. The predicted octanol–water partition coefficient (Wildman–Crippen LogP) is 3.07. The molecule has 1 aromatic carbocycles. The van der Waals surface area contributed by atoms with Crippen molar-refractivity contribution in [3.8, 4) is 0 Å². The van der Waals surface area contributed by atoms with Crippen LogP contribution in [-0.4, -0.2) is 17.6 Å². The van der Waals surface area contributed by atoms with E-state index in [0.29, 0.717) is 17.0 Å². The van der Waals surface area contributed by atoms with Gasteiger partial charge in [0.05, 0.1) is 6.10 Å². The van der Waals surface area contributed by atoms with Crippen molar-refractivity contribution in [2.45, 2.75) is 38.7 Å². The Morgan fingerprint density at radius 1 is 1.39 bits per heavy atom. The maximum Gasteiger partial charge on any atom is 0.220 e. The maximum atomic E-state index is 11.5. The fraction of sp³-hybridized carbons (Fsp3) is 0.500. The molecule has 100 valence electrons. The first-order valence-corrected chi connectivity index (χ1v) is 6.72. The van der Waals surface area contributed by atoms with Gasteiger partial charge < -0.3 is 10.4 Å². The lowest BCUT2D eigenvalue weighted by Gasteiger charge is -2.13. The fourth-order valence-corrected chi connectivity index (χ4v) is 1.95. The molecule has 0 saturated heterocycles. The molecular formula is C14H20ClNO2. The van der Waals surface area contributed by atoms with Crippen LogP contribution in [0.4, 0.5) is 0 Å². The Morgan fingerprint density at radius 3 is 2.78 bits per heavy atom. The van der Waals surface area contributed by atoms with Crippen molar-refractivity contribution in [1.29, 1.82) is 0 Å². The third kappa shape index (κ3) is 5.07. The highest BCUT2D eigenvalue weighted by Gasteiger charge is 2.11. The number of hydrogen-bond donors (Lipinski definition) is 2. The van der Waals surface area contributed by atoms with Crippen molar-refractivity contribution in [2.24, 2.45) is 0 Å². The zero-order valence-corrected chi connectivity index (χ0v) is 11.4. The van der Waals surface area contributed by atoms with Crippen LogP contribution in [-0.2, 0) is 4.79 Å². The molecule has 1 aromatic rings. The van der Waals surface area contributed by atoms with Gasteiger partial charge in [-0.3, -0.25) is 4.79 Å². The number of unbranched alkanes of at least 4 members (excludes halogenated alkanes) is 2. The number of nitrogens with one attached hydrogen (secondary N) is 1. The van der Waals surface area contributed by atoms with E-state index in [1.165, 1.54) is 0 Å². The van der Waals surface area contributed by atoms with Gasteiger partial charge in [0.25, 0.3) is 0 Å². The van der Waals surface area contributed by atoms with E-state index in [1.807, 2.05) is 12.1 Å². The highest BCUT2D eigenvalue weighted by atomic mass is 35.5. The van der Waals surface area contributed by atoms with Crippen molar-refractivity contribution < 1.29 is 9.90 Å². The van der Waals surface area contributed by atoms with Crippen molar-refractivity contribution in [3.63, 3.8) is 0 Å². The average molecular weight is 270 g/mol. The summed E-state index contributed by atoms with van der Waals surface area (Å²) in [6.07, 6.45) is 2.80. The molecule has 0 radical (unpaired) electrons. The Labute approximate surface area is 113 Å². The number of halogens is 1. The second-order valence-corrected chi connectivity index (χ2v) is 4.71. The SMILES string of the molecule is CCCCCC(=O)NCC(O)c1ccccc1Cl. The van der Waals surface area contributed by atoms with E-state index in [4.69, 9.17) is 11.6 Å². The monoisotopic (exact) mass is 269 g/mol. The van der Waals surface area contributed by atoms with Gasteiger partial charge in [0.15, 0.2) is 0 Å². The molecule has 1 rings (SSSR count). The van der Waals surface area contributed by atoms with Crippen LogP contribution in [0, 0.1) is 0 Å². The molecule has 0 aliphatic rings. The second-order valence-electron chi connectivity index (χ2n) is 4.30. The third-order valence-electron chi connectivity index (χ3n) is 2.76. The molecule has 0 saturated carbocycles. The summed E-state index contributed by atoms with van der Waals surface area (Å²) in [5, 5.41) is 13.2. The predicted molar refractivity (Wildman–Crippen MR) is 73.6 cm³/mol. The van der Waals surface area contributed by atoms with E-state index in [2.05, 4.69) is 12.2 Å². The number of hydrogen-bond acceptors (Lipinski definition) is 2. The summed E-state index contributed by atoms with van der Waals surface area (Å²) in [6, 6.07) is 7.11. The van der Waals surface area contributed by atoms with E-state index in [-0.39, 0.29) is 12.5 Å². The first-order valence-electron chi connectivity index (χ1n) is 6.34. The molecule has 0 spiro atoms. The summed E-state index contributed by atoms with van der Waals surface area (Å²) in [5.74, 6) is -0.0189. The standard InChI is InChI=1S/C14H20ClNO2/c1-2-3-4-9-14(18)16-10-13(17)11-7-5-6-8-12(11)15/h5-8,13,17H,2-4,9-10H2,1H3,(H,16,18). The van der Waals surface area contributed by atoms with Crippen LogP contribution in [0.3, 0.4) is 0 Å². The molecule has 3 nitrogen and oxygen atoms in total. The Bertz CT molecular complexity index is 382. The smallest absolute Gasteiger partial charge is 0.220 e. The molecule has 0 fully saturated rings. The van der Waals surface area contributed by atoms with Crippen LogP contribution < -0.4 is 5.32 Å². The molecule has 0 heterocycles. The molecule has 1 amide bonds. The molecule has 18 heavy (non-hydrogen) atoms. The van der Waals surface area contributed by atoms with Crippen molar-refractivity contribution >= 4 is 17.5 Å². The van der Waals surface area contributed by atoms with Gasteiger partial charge >= 0.3 is 0 Å². The van der Waals surface area contributed by atoms with Crippen molar-refractivity contribution in [1.82, 2.24) is 5.32 Å². The summed E-state index contributed by atoms with van der Waals surface area (Å²) >= 11 is 5.96. The number of aliphatic hydroxyl groups is 1. The van der Waals surface area contributed by atoms with Gasteiger partial charge in [-0.2, -0.15) is 0 Å². The van der Waals surface area contributed by atoms with Crippen molar-refractivity contribution in [3.05, 3.63) is 34.9 Å². The fourth-order valence-electron chi connectivity index (χ4n) is 1.69. The summed E-state index contributed by atoms with van der Waals surface area (Å²) in [5.41, 5.74) is 0.646. The maximum absolute atomic E-state index is 11.5. The quantitative estimate of drug-likeness (QED) is 0.748. The van der Waals surface area contributed by atoms with Gasteiger partial charge in [0, 0.05) is 23.6 Å². The van der Waals surface area contributed by atoms with Crippen LogP contribution in [0.15, 0.2) is 24.3 Å². The Balaban J connectivity index is 2.35. The molecule has 2 N–H and O–H groups in total. The van der Waals surface area contributed by atoms with E-state index < -0.39 is 6.10 Å².